The fourth-order valence-corrected chi connectivity index (χ4v) is 2.95. The van der Waals surface area contributed by atoms with E-state index in [1.54, 1.807) is 12.1 Å². The zero-order valence-electron chi connectivity index (χ0n) is 14.4. The third kappa shape index (κ3) is 4.29. The number of rotatable bonds is 6. The molecule has 0 saturated carbocycles. The fourth-order valence-electron chi connectivity index (χ4n) is 2.39. The van der Waals surface area contributed by atoms with Crippen LogP contribution in [0.2, 0.25) is 0 Å². The zero-order chi connectivity index (χ0) is 17.7. The van der Waals surface area contributed by atoms with E-state index >= 15 is 0 Å². The maximum atomic E-state index is 12.6. The summed E-state index contributed by atoms with van der Waals surface area (Å²) in [5.74, 6) is 0.980. The van der Waals surface area contributed by atoms with Gasteiger partial charge in [0.05, 0.1) is 17.7 Å². The van der Waals surface area contributed by atoms with Crippen molar-refractivity contribution >= 4 is 27.5 Å². The summed E-state index contributed by atoms with van der Waals surface area (Å²) in [4.78, 5) is 12.6. The molecule has 128 valence electrons. The molecule has 0 aromatic heterocycles. The van der Waals surface area contributed by atoms with E-state index < -0.39 is 0 Å². The number of ether oxygens (including phenoxy) is 2. The highest BCUT2D eigenvalue weighted by Gasteiger charge is 2.16. The lowest BCUT2D eigenvalue weighted by atomic mass is 10.1. The van der Waals surface area contributed by atoms with Crippen LogP contribution in [-0.2, 0) is 0 Å². The largest absolute Gasteiger partial charge is 0.490 e. The Kier molecular flexibility index (Phi) is 6.26. The van der Waals surface area contributed by atoms with E-state index in [9.17, 15) is 4.79 Å². The maximum Gasteiger partial charge on any atom is 0.255 e. The van der Waals surface area contributed by atoms with E-state index in [0.717, 1.165) is 16.8 Å². The molecule has 24 heavy (non-hydrogen) atoms. The van der Waals surface area contributed by atoms with Crippen molar-refractivity contribution in [2.24, 2.45) is 0 Å². The summed E-state index contributed by atoms with van der Waals surface area (Å²) < 4.78 is 11.9. The molecule has 0 heterocycles. The molecule has 2 aromatic rings. The highest BCUT2D eigenvalue weighted by molar-refractivity contribution is 9.10. The van der Waals surface area contributed by atoms with Crippen LogP contribution < -0.4 is 14.8 Å². The summed E-state index contributed by atoms with van der Waals surface area (Å²) in [5, 5.41) is 2.95. The van der Waals surface area contributed by atoms with Crippen LogP contribution in [0.4, 0.5) is 5.69 Å². The number of nitrogens with one attached hydrogen (secondary N) is 1. The van der Waals surface area contributed by atoms with Gasteiger partial charge in [-0.2, -0.15) is 0 Å². The molecule has 0 spiro atoms. The van der Waals surface area contributed by atoms with E-state index in [1.807, 2.05) is 45.9 Å². The van der Waals surface area contributed by atoms with Gasteiger partial charge >= 0.3 is 0 Å². The van der Waals surface area contributed by atoms with E-state index in [-0.39, 0.29) is 5.91 Å². The number of carbonyl (C=O) groups excluding carboxylic acids is 1. The van der Waals surface area contributed by atoms with Crippen LogP contribution in [0.15, 0.2) is 34.8 Å². The van der Waals surface area contributed by atoms with E-state index in [2.05, 4.69) is 21.2 Å². The smallest absolute Gasteiger partial charge is 0.255 e. The summed E-state index contributed by atoms with van der Waals surface area (Å²) in [6.07, 6.45) is 0. The van der Waals surface area contributed by atoms with Crippen LogP contribution >= 0.6 is 15.9 Å². The van der Waals surface area contributed by atoms with Gasteiger partial charge in [-0.3, -0.25) is 4.79 Å². The Bertz CT molecular complexity index is 744. The van der Waals surface area contributed by atoms with Gasteiger partial charge in [0.2, 0.25) is 0 Å². The van der Waals surface area contributed by atoms with Crippen molar-refractivity contribution in [3.05, 3.63) is 51.5 Å². The Labute approximate surface area is 151 Å². The lowest BCUT2D eigenvalue weighted by Crippen LogP contribution is -2.13. The van der Waals surface area contributed by atoms with Crippen molar-refractivity contribution < 1.29 is 14.3 Å². The summed E-state index contributed by atoms with van der Waals surface area (Å²) >= 11 is 3.46. The molecular weight excluding hydrogens is 370 g/mol. The van der Waals surface area contributed by atoms with Gasteiger partial charge < -0.3 is 14.8 Å². The third-order valence-electron chi connectivity index (χ3n) is 3.49. The lowest BCUT2D eigenvalue weighted by Gasteiger charge is -2.15. The maximum absolute atomic E-state index is 12.6. The predicted octanol–water partition coefficient (Wildman–Crippen LogP) is 5.12. The van der Waals surface area contributed by atoms with Crippen molar-refractivity contribution in [3.8, 4) is 11.5 Å². The third-order valence-corrected chi connectivity index (χ3v) is 4.08. The van der Waals surface area contributed by atoms with Crippen molar-refractivity contribution in [1.29, 1.82) is 0 Å². The van der Waals surface area contributed by atoms with Crippen LogP contribution in [0.5, 0.6) is 11.5 Å². The Morgan fingerprint density at radius 3 is 2.42 bits per heavy atom. The molecule has 5 heteroatoms. The Hall–Kier alpha value is -2.01. The molecule has 0 saturated heterocycles. The molecule has 0 aliphatic carbocycles. The molecule has 0 unspecified atom stereocenters. The molecule has 0 fully saturated rings. The topological polar surface area (TPSA) is 47.6 Å². The SMILES string of the molecule is CCOc1cc(C(=O)Nc2ccc(C)cc2C)cc(Br)c1OCC. The summed E-state index contributed by atoms with van der Waals surface area (Å²) in [5.41, 5.74) is 3.49. The van der Waals surface area contributed by atoms with E-state index in [1.165, 1.54) is 0 Å². The summed E-state index contributed by atoms with van der Waals surface area (Å²) in [7, 11) is 0. The van der Waals surface area contributed by atoms with Gasteiger partial charge in [0.15, 0.2) is 11.5 Å². The highest BCUT2D eigenvalue weighted by atomic mass is 79.9. The number of aryl methyl sites for hydroxylation is 2. The Morgan fingerprint density at radius 1 is 1.08 bits per heavy atom. The van der Waals surface area contributed by atoms with Crippen molar-refractivity contribution in [3.63, 3.8) is 0 Å². The van der Waals surface area contributed by atoms with Crippen molar-refractivity contribution in [1.82, 2.24) is 0 Å². The standard InChI is InChI=1S/C19H22BrNO3/c1-5-23-17-11-14(10-15(20)18(17)24-6-2)19(22)21-16-8-7-12(3)9-13(16)4/h7-11H,5-6H2,1-4H3,(H,21,22). The molecule has 0 radical (unpaired) electrons. The number of hydrogen-bond donors (Lipinski definition) is 1. The summed E-state index contributed by atoms with van der Waals surface area (Å²) in [6, 6.07) is 9.37. The number of carbonyl (C=O) groups is 1. The number of halogens is 1. The van der Waals surface area contributed by atoms with Crippen LogP contribution in [0.25, 0.3) is 0 Å². The second-order valence-corrected chi connectivity index (χ2v) is 6.28. The first kappa shape index (κ1) is 18.3. The first-order chi connectivity index (χ1) is 11.5. The van der Waals surface area contributed by atoms with Gasteiger partial charge in [0.1, 0.15) is 0 Å². The molecule has 2 rings (SSSR count). The van der Waals surface area contributed by atoms with Gasteiger partial charge in [-0.25, -0.2) is 0 Å². The average Bonchev–Trinajstić information content (AvgIpc) is 2.53. The zero-order valence-corrected chi connectivity index (χ0v) is 16.0. The van der Waals surface area contributed by atoms with Crippen LogP contribution in [0.1, 0.15) is 35.3 Å². The van der Waals surface area contributed by atoms with Gasteiger partial charge in [-0.1, -0.05) is 17.7 Å². The normalized spacial score (nSPS) is 10.4. The predicted molar refractivity (Wildman–Crippen MR) is 100 cm³/mol. The molecule has 0 aliphatic rings. The monoisotopic (exact) mass is 391 g/mol. The number of anilines is 1. The van der Waals surface area contributed by atoms with Crippen molar-refractivity contribution in [2.45, 2.75) is 27.7 Å². The molecule has 0 bridgehead atoms. The van der Waals surface area contributed by atoms with Crippen LogP contribution in [0.3, 0.4) is 0 Å². The average molecular weight is 392 g/mol. The van der Waals surface area contributed by atoms with Gasteiger partial charge in [0, 0.05) is 11.3 Å². The van der Waals surface area contributed by atoms with Crippen LogP contribution in [-0.4, -0.2) is 19.1 Å². The first-order valence-corrected chi connectivity index (χ1v) is 8.73. The molecule has 1 N–H and O–H groups in total. The Morgan fingerprint density at radius 2 is 1.79 bits per heavy atom. The quantitative estimate of drug-likeness (QED) is 0.743. The number of benzene rings is 2. The van der Waals surface area contributed by atoms with Gasteiger partial charge in [-0.15, -0.1) is 0 Å². The van der Waals surface area contributed by atoms with Crippen molar-refractivity contribution in [2.75, 3.05) is 18.5 Å². The van der Waals surface area contributed by atoms with E-state index in [4.69, 9.17) is 9.47 Å². The molecule has 2 aromatic carbocycles. The lowest BCUT2D eigenvalue weighted by molar-refractivity contribution is 0.102. The molecular formula is C19H22BrNO3. The second kappa shape index (κ2) is 8.20. The highest BCUT2D eigenvalue weighted by Crippen LogP contribution is 2.37. The minimum atomic E-state index is -0.188. The van der Waals surface area contributed by atoms with Gasteiger partial charge in [-0.05, 0) is 67.4 Å². The van der Waals surface area contributed by atoms with E-state index in [0.29, 0.717) is 34.7 Å². The fraction of sp³-hybridized carbons (Fsp3) is 0.316. The molecule has 0 aliphatic heterocycles. The molecule has 4 nitrogen and oxygen atoms in total. The van der Waals surface area contributed by atoms with Crippen LogP contribution in [0, 0.1) is 13.8 Å². The Balaban J connectivity index is 2.31. The molecule has 1 amide bonds. The number of amides is 1. The van der Waals surface area contributed by atoms with Gasteiger partial charge in [0.25, 0.3) is 5.91 Å². The second-order valence-electron chi connectivity index (χ2n) is 5.42. The molecule has 0 atom stereocenters. The summed E-state index contributed by atoms with van der Waals surface area (Å²) in [6.45, 7) is 8.81. The first-order valence-electron chi connectivity index (χ1n) is 7.94. The number of hydrogen-bond acceptors (Lipinski definition) is 3. The minimum Gasteiger partial charge on any atom is -0.490 e. The minimum absolute atomic E-state index is 0.188.